The molecular formula is C34H24N4OS. The topological polar surface area (TPSA) is 66.7 Å². The molecule has 1 unspecified atom stereocenters. The van der Waals surface area contributed by atoms with E-state index >= 15 is 0 Å². The van der Waals surface area contributed by atoms with Crippen molar-refractivity contribution in [1.29, 1.82) is 0 Å². The van der Waals surface area contributed by atoms with Crippen molar-refractivity contribution in [3.63, 3.8) is 0 Å². The molecule has 192 valence electrons. The third-order valence-corrected chi connectivity index (χ3v) is 8.04. The third-order valence-electron chi connectivity index (χ3n) is 7.07. The first-order valence-corrected chi connectivity index (χ1v) is 14.6. The zero-order valence-electron chi connectivity index (χ0n) is 21.7. The molecule has 0 amide bonds. The molecule has 6 heteroatoms. The van der Waals surface area contributed by atoms with E-state index in [0.29, 0.717) is 17.6 Å². The average Bonchev–Trinajstić information content (AvgIpc) is 3.35. The number of fused-ring (bicyclic) bond motifs is 3. The summed E-state index contributed by atoms with van der Waals surface area (Å²) in [6.07, 6.45) is 1.72. The van der Waals surface area contributed by atoms with Crippen LogP contribution in [0, 0.1) is 0 Å². The van der Waals surface area contributed by atoms with Crippen LogP contribution in [0.3, 0.4) is 0 Å². The van der Waals surface area contributed by atoms with Crippen molar-refractivity contribution in [3.05, 3.63) is 127 Å². The molecule has 0 fully saturated rings. The third kappa shape index (κ3) is 4.24. The van der Waals surface area contributed by atoms with E-state index in [1.165, 1.54) is 0 Å². The van der Waals surface area contributed by atoms with E-state index in [9.17, 15) is 4.55 Å². The Morgan fingerprint density at radius 2 is 1.12 bits per heavy atom. The largest absolute Gasteiger partial charge is 0.612 e. The van der Waals surface area contributed by atoms with Crippen molar-refractivity contribution in [3.8, 4) is 39.9 Å². The summed E-state index contributed by atoms with van der Waals surface area (Å²) in [7, 11) is 0. The van der Waals surface area contributed by atoms with Gasteiger partial charge >= 0.3 is 0 Å². The molecule has 5 nitrogen and oxygen atoms in total. The van der Waals surface area contributed by atoms with E-state index in [4.69, 9.17) is 15.0 Å². The lowest BCUT2D eigenvalue weighted by Gasteiger charge is -2.12. The Morgan fingerprint density at radius 3 is 1.80 bits per heavy atom. The van der Waals surface area contributed by atoms with Crippen molar-refractivity contribution in [2.24, 2.45) is 0 Å². The highest BCUT2D eigenvalue weighted by atomic mass is 32.2. The molecule has 0 bridgehead atoms. The number of nitrogens with zero attached hydrogens (tertiary/aromatic N) is 4. The van der Waals surface area contributed by atoms with E-state index in [1.54, 1.807) is 6.26 Å². The van der Waals surface area contributed by atoms with Crippen molar-refractivity contribution in [1.82, 2.24) is 19.5 Å². The summed E-state index contributed by atoms with van der Waals surface area (Å²) >= 11 is -1.12. The number of aromatic nitrogens is 4. The normalized spacial score (nSPS) is 12.2. The zero-order chi connectivity index (χ0) is 27.1. The van der Waals surface area contributed by atoms with Gasteiger partial charge in [0.15, 0.2) is 16.5 Å². The quantitative estimate of drug-likeness (QED) is 0.211. The van der Waals surface area contributed by atoms with Crippen LogP contribution in [0.4, 0.5) is 0 Å². The van der Waals surface area contributed by atoms with E-state index in [-0.39, 0.29) is 0 Å². The fraction of sp³-hybridized carbons (Fsp3) is 0.0294. The molecule has 0 saturated carbocycles. The monoisotopic (exact) mass is 536 g/mol. The second-order valence-corrected chi connectivity index (χ2v) is 10.9. The number of hydrogen-bond donors (Lipinski definition) is 0. The van der Waals surface area contributed by atoms with Crippen molar-refractivity contribution in [2.45, 2.75) is 4.90 Å². The van der Waals surface area contributed by atoms with Crippen molar-refractivity contribution in [2.75, 3.05) is 6.26 Å². The molecule has 0 aliphatic rings. The molecule has 0 saturated heterocycles. The van der Waals surface area contributed by atoms with Crippen LogP contribution in [0.1, 0.15) is 0 Å². The van der Waals surface area contributed by atoms with Gasteiger partial charge in [0.05, 0.1) is 11.0 Å². The molecule has 0 aliphatic heterocycles. The second kappa shape index (κ2) is 10.1. The first-order chi connectivity index (χ1) is 19.7. The SMILES string of the molecule is C[S+]([O-])c1ccccc1-c1ccc2c3ccccc3n(-c3nc(-c4ccccc4)nc(-c4ccccc4)n3)c2c1. The minimum Gasteiger partial charge on any atom is -0.612 e. The predicted molar refractivity (Wildman–Crippen MR) is 163 cm³/mol. The number of hydrogen-bond acceptors (Lipinski definition) is 4. The van der Waals surface area contributed by atoms with Gasteiger partial charge in [-0.15, -0.1) is 0 Å². The van der Waals surface area contributed by atoms with Crippen LogP contribution in [0.15, 0.2) is 132 Å². The highest BCUT2D eigenvalue weighted by molar-refractivity contribution is 7.90. The van der Waals surface area contributed by atoms with Crippen LogP contribution >= 0.6 is 0 Å². The Morgan fingerprint density at radius 1 is 0.550 bits per heavy atom. The summed E-state index contributed by atoms with van der Waals surface area (Å²) in [6, 6.07) is 42.5. The molecule has 7 rings (SSSR count). The summed E-state index contributed by atoms with van der Waals surface area (Å²) in [5, 5.41) is 2.21. The van der Waals surface area contributed by atoms with Gasteiger partial charge in [0.25, 0.3) is 0 Å². The molecule has 2 aromatic heterocycles. The summed E-state index contributed by atoms with van der Waals surface area (Å²) in [5.74, 6) is 1.76. The molecule has 1 atom stereocenters. The van der Waals surface area contributed by atoms with Gasteiger partial charge in [-0.3, -0.25) is 4.57 Å². The minimum atomic E-state index is -1.12. The molecule has 2 heterocycles. The van der Waals surface area contributed by atoms with Gasteiger partial charge in [0.2, 0.25) is 5.95 Å². The molecule has 0 radical (unpaired) electrons. The summed E-state index contributed by atoms with van der Waals surface area (Å²) in [6.45, 7) is 0. The fourth-order valence-corrected chi connectivity index (χ4v) is 5.97. The lowest BCUT2D eigenvalue weighted by atomic mass is 10.0. The van der Waals surface area contributed by atoms with Crippen LogP contribution < -0.4 is 0 Å². The van der Waals surface area contributed by atoms with Gasteiger partial charge in [-0.1, -0.05) is 103 Å². The minimum absolute atomic E-state index is 0.545. The van der Waals surface area contributed by atoms with E-state index in [1.807, 2.05) is 97.1 Å². The molecular weight excluding hydrogens is 512 g/mol. The second-order valence-electron chi connectivity index (χ2n) is 9.55. The van der Waals surface area contributed by atoms with Gasteiger partial charge in [0, 0.05) is 27.5 Å². The predicted octanol–water partition coefficient (Wildman–Crippen LogP) is 7.71. The maximum atomic E-state index is 12.6. The van der Waals surface area contributed by atoms with Crippen LogP contribution in [0.25, 0.3) is 61.7 Å². The van der Waals surface area contributed by atoms with Crippen LogP contribution in [-0.4, -0.2) is 30.3 Å². The summed E-state index contributed by atoms with van der Waals surface area (Å²) in [5.41, 5.74) is 5.76. The molecule has 0 aliphatic carbocycles. The Bertz CT molecular complexity index is 1930. The lowest BCUT2D eigenvalue weighted by molar-refractivity contribution is 0.601. The van der Waals surface area contributed by atoms with Crippen LogP contribution in [0.5, 0.6) is 0 Å². The smallest absolute Gasteiger partial charge is 0.238 e. The van der Waals surface area contributed by atoms with Crippen LogP contribution in [0.2, 0.25) is 0 Å². The van der Waals surface area contributed by atoms with E-state index < -0.39 is 11.2 Å². The molecule has 0 N–H and O–H groups in total. The van der Waals surface area contributed by atoms with Crippen molar-refractivity contribution >= 4 is 33.0 Å². The van der Waals surface area contributed by atoms with Crippen LogP contribution in [-0.2, 0) is 11.2 Å². The van der Waals surface area contributed by atoms with Gasteiger partial charge in [-0.25, -0.2) is 4.98 Å². The Labute approximate surface area is 235 Å². The van der Waals surface area contributed by atoms with Gasteiger partial charge in [-0.2, -0.15) is 9.97 Å². The van der Waals surface area contributed by atoms with E-state index in [0.717, 1.165) is 49.0 Å². The summed E-state index contributed by atoms with van der Waals surface area (Å²) in [4.78, 5) is 15.7. The first kappa shape index (κ1) is 24.3. The summed E-state index contributed by atoms with van der Waals surface area (Å²) < 4.78 is 14.7. The number of para-hydroxylation sites is 1. The molecule has 40 heavy (non-hydrogen) atoms. The zero-order valence-corrected chi connectivity index (χ0v) is 22.5. The average molecular weight is 537 g/mol. The highest BCUT2D eigenvalue weighted by Crippen LogP contribution is 2.36. The Kier molecular flexibility index (Phi) is 6.11. The molecule has 5 aromatic carbocycles. The Hall–Kier alpha value is -4.78. The number of benzene rings is 5. The first-order valence-electron chi connectivity index (χ1n) is 13.0. The number of rotatable bonds is 5. The lowest BCUT2D eigenvalue weighted by Crippen LogP contribution is -2.06. The maximum Gasteiger partial charge on any atom is 0.238 e. The molecule has 7 aromatic rings. The molecule has 0 spiro atoms. The highest BCUT2D eigenvalue weighted by Gasteiger charge is 2.19. The van der Waals surface area contributed by atoms with Gasteiger partial charge in [0.1, 0.15) is 6.26 Å². The standard InChI is InChI=1S/C34H24N4OS/c1-40(39)31-19-11-9-16-26(31)25-20-21-28-27-17-8-10-18-29(27)38(30(28)22-25)34-36-32(23-12-4-2-5-13-23)35-33(37-34)24-14-6-3-7-15-24/h2-22H,1H3. The van der Waals surface area contributed by atoms with E-state index in [2.05, 4.69) is 34.9 Å². The fourth-order valence-electron chi connectivity index (χ4n) is 5.21. The van der Waals surface area contributed by atoms with Gasteiger partial charge in [-0.05, 0) is 41.0 Å². The maximum absolute atomic E-state index is 12.6. The van der Waals surface area contributed by atoms with Crippen molar-refractivity contribution < 1.29 is 4.55 Å². The Balaban J connectivity index is 1.53. The van der Waals surface area contributed by atoms with Gasteiger partial charge < -0.3 is 4.55 Å².